The summed E-state index contributed by atoms with van der Waals surface area (Å²) in [6, 6.07) is 4.63. The lowest BCUT2D eigenvalue weighted by molar-refractivity contribution is -0.143. The zero-order valence-electron chi connectivity index (χ0n) is 16.5. The molecule has 0 unspecified atom stereocenters. The number of nitrogens with zero attached hydrogens (tertiary/aromatic N) is 3. The van der Waals surface area contributed by atoms with E-state index >= 15 is 0 Å². The highest BCUT2D eigenvalue weighted by atomic mass is 35.5. The summed E-state index contributed by atoms with van der Waals surface area (Å²) in [4.78, 5) is 29.4. The summed E-state index contributed by atoms with van der Waals surface area (Å²) in [5.41, 5.74) is -1.84. The monoisotopic (exact) mass is 469 g/mol. The van der Waals surface area contributed by atoms with Gasteiger partial charge < -0.3 is 15.5 Å². The Kier molecular flexibility index (Phi) is 6.55. The minimum absolute atomic E-state index is 0.0206. The van der Waals surface area contributed by atoms with Crippen molar-refractivity contribution in [1.82, 2.24) is 20.5 Å². The highest BCUT2D eigenvalue weighted by molar-refractivity contribution is 6.31. The maximum absolute atomic E-state index is 13.8. The standard InChI is InChI=1S/C20H16ClF4N5O2/c1-10-18(31)27-6-7-30(10)19(32)29-16(11-2-3-13(21)12(8-11)9-26)15-5-4-14(22)17(28-15)20(23,24)25/h2-5,8,10,16H,6-7H2,1H3,(H,27,31)(H,29,32)/t10-,16+/m1/s1. The van der Waals surface area contributed by atoms with Crippen molar-refractivity contribution >= 4 is 23.5 Å². The molecule has 0 bridgehead atoms. The fraction of sp³-hybridized carbons (Fsp3) is 0.300. The van der Waals surface area contributed by atoms with Gasteiger partial charge in [0.05, 0.1) is 22.3 Å². The second kappa shape index (κ2) is 9.00. The van der Waals surface area contributed by atoms with Crippen LogP contribution in [-0.4, -0.2) is 41.0 Å². The molecule has 7 nitrogen and oxygen atoms in total. The van der Waals surface area contributed by atoms with Crippen LogP contribution in [0.2, 0.25) is 5.02 Å². The second-order valence-electron chi connectivity index (χ2n) is 6.96. The summed E-state index contributed by atoms with van der Waals surface area (Å²) in [5, 5.41) is 14.5. The molecule has 0 saturated carbocycles. The lowest BCUT2D eigenvalue weighted by Gasteiger charge is -2.34. The number of pyridine rings is 1. The van der Waals surface area contributed by atoms with E-state index in [4.69, 9.17) is 11.6 Å². The van der Waals surface area contributed by atoms with Crippen molar-refractivity contribution in [3.63, 3.8) is 0 Å². The molecule has 0 spiro atoms. The summed E-state index contributed by atoms with van der Waals surface area (Å²) in [7, 11) is 0. The van der Waals surface area contributed by atoms with E-state index in [9.17, 15) is 32.4 Å². The molecule has 2 heterocycles. The number of alkyl halides is 3. The summed E-state index contributed by atoms with van der Waals surface area (Å²) < 4.78 is 53.4. The van der Waals surface area contributed by atoms with Crippen molar-refractivity contribution < 1.29 is 27.2 Å². The van der Waals surface area contributed by atoms with Crippen molar-refractivity contribution in [2.75, 3.05) is 13.1 Å². The van der Waals surface area contributed by atoms with Gasteiger partial charge in [0.1, 0.15) is 12.1 Å². The average Bonchev–Trinajstić information content (AvgIpc) is 2.74. The number of aromatic nitrogens is 1. The number of amides is 3. The minimum Gasteiger partial charge on any atom is -0.353 e. The molecule has 1 fully saturated rings. The first-order valence-corrected chi connectivity index (χ1v) is 9.68. The smallest absolute Gasteiger partial charge is 0.353 e. The number of benzene rings is 1. The SMILES string of the molecule is C[C@@H]1C(=O)NCCN1C(=O)N[C@@H](c1ccc(Cl)c(C#N)c1)c1ccc(F)c(C(F)(F)F)n1. The Morgan fingerprint density at radius 3 is 2.75 bits per heavy atom. The summed E-state index contributed by atoms with van der Waals surface area (Å²) in [5.74, 6) is -1.96. The molecule has 1 aliphatic heterocycles. The highest BCUT2D eigenvalue weighted by Crippen LogP contribution is 2.32. The molecular weight excluding hydrogens is 454 g/mol. The fourth-order valence-corrected chi connectivity index (χ4v) is 3.38. The molecule has 0 radical (unpaired) electrons. The van der Waals surface area contributed by atoms with Crippen molar-refractivity contribution in [2.24, 2.45) is 0 Å². The number of hydrogen-bond acceptors (Lipinski definition) is 4. The number of rotatable bonds is 3. The van der Waals surface area contributed by atoms with Gasteiger partial charge in [0.15, 0.2) is 11.5 Å². The predicted octanol–water partition coefficient (Wildman–Crippen LogP) is 3.38. The molecule has 3 amide bonds. The molecule has 3 rings (SSSR count). The van der Waals surface area contributed by atoms with Gasteiger partial charge in [-0.15, -0.1) is 0 Å². The third-order valence-electron chi connectivity index (χ3n) is 4.90. The molecule has 2 aromatic rings. The van der Waals surface area contributed by atoms with E-state index in [0.717, 1.165) is 6.07 Å². The maximum Gasteiger partial charge on any atom is 0.436 e. The van der Waals surface area contributed by atoms with Crippen LogP contribution in [-0.2, 0) is 11.0 Å². The van der Waals surface area contributed by atoms with Gasteiger partial charge in [0, 0.05) is 13.1 Å². The van der Waals surface area contributed by atoms with Crippen molar-refractivity contribution in [2.45, 2.75) is 25.2 Å². The van der Waals surface area contributed by atoms with Gasteiger partial charge in [0.25, 0.3) is 0 Å². The number of nitrogens with one attached hydrogen (secondary N) is 2. The summed E-state index contributed by atoms with van der Waals surface area (Å²) in [6.45, 7) is 1.87. The van der Waals surface area contributed by atoms with Crippen molar-refractivity contribution in [3.8, 4) is 6.07 Å². The van der Waals surface area contributed by atoms with E-state index in [-0.39, 0.29) is 40.8 Å². The number of urea groups is 1. The molecule has 1 aromatic heterocycles. The topological polar surface area (TPSA) is 98.1 Å². The Labute approximate surface area is 185 Å². The van der Waals surface area contributed by atoms with E-state index in [2.05, 4.69) is 15.6 Å². The quantitative estimate of drug-likeness (QED) is 0.673. The lowest BCUT2D eigenvalue weighted by Crippen LogP contribution is -2.58. The first kappa shape index (κ1) is 23.3. The zero-order valence-corrected chi connectivity index (χ0v) is 17.3. The molecule has 1 aliphatic rings. The predicted molar refractivity (Wildman–Crippen MR) is 105 cm³/mol. The van der Waals surface area contributed by atoms with Gasteiger partial charge in [-0.25, -0.2) is 14.2 Å². The Morgan fingerprint density at radius 1 is 1.38 bits per heavy atom. The fourth-order valence-electron chi connectivity index (χ4n) is 3.22. The Bertz CT molecular complexity index is 1100. The van der Waals surface area contributed by atoms with Gasteiger partial charge in [0.2, 0.25) is 5.91 Å². The van der Waals surface area contributed by atoms with E-state index in [1.54, 1.807) is 0 Å². The Balaban J connectivity index is 2.06. The molecule has 0 aliphatic carbocycles. The number of carbonyl (C=O) groups is 2. The van der Waals surface area contributed by atoms with Gasteiger partial charge in [-0.05, 0) is 36.8 Å². The van der Waals surface area contributed by atoms with Crippen LogP contribution >= 0.6 is 11.6 Å². The Morgan fingerprint density at radius 2 is 2.09 bits per heavy atom. The normalized spacial score (nSPS) is 17.3. The van der Waals surface area contributed by atoms with Crippen LogP contribution in [0.3, 0.4) is 0 Å². The molecule has 1 aromatic carbocycles. The summed E-state index contributed by atoms with van der Waals surface area (Å²) >= 11 is 5.94. The molecule has 12 heteroatoms. The van der Waals surface area contributed by atoms with Crippen molar-refractivity contribution in [1.29, 1.82) is 5.26 Å². The number of piperazine rings is 1. The van der Waals surface area contributed by atoms with Crippen LogP contribution in [0.25, 0.3) is 0 Å². The number of hydrogen-bond donors (Lipinski definition) is 2. The number of nitriles is 1. The summed E-state index contributed by atoms with van der Waals surface area (Å²) in [6.07, 6.45) is -5.06. The van der Waals surface area contributed by atoms with Crippen LogP contribution in [0.15, 0.2) is 30.3 Å². The number of halogens is 5. The van der Waals surface area contributed by atoms with Crippen LogP contribution in [0.1, 0.15) is 35.5 Å². The third kappa shape index (κ3) is 4.75. The van der Waals surface area contributed by atoms with E-state index < -0.39 is 35.8 Å². The largest absolute Gasteiger partial charge is 0.436 e. The van der Waals surface area contributed by atoms with Crippen molar-refractivity contribution in [3.05, 3.63) is 63.7 Å². The molecule has 32 heavy (non-hydrogen) atoms. The minimum atomic E-state index is -5.06. The molecule has 168 valence electrons. The Hall–Kier alpha value is -3.39. The molecule has 2 N–H and O–H groups in total. The van der Waals surface area contributed by atoms with E-state index in [1.165, 1.54) is 30.0 Å². The van der Waals surface area contributed by atoms with E-state index in [1.807, 2.05) is 6.07 Å². The van der Waals surface area contributed by atoms with Gasteiger partial charge in [-0.3, -0.25) is 4.79 Å². The van der Waals surface area contributed by atoms with Gasteiger partial charge in [-0.1, -0.05) is 17.7 Å². The van der Waals surface area contributed by atoms with Gasteiger partial charge in [-0.2, -0.15) is 18.4 Å². The molecular formula is C20H16ClF4N5O2. The number of carbonyl (C=O) groups excluding carboxylic acids is 2. The molecule has 1 saturated heterocycles. The third-order valence-corrected chi connectivity index (χ3v) is 5.23. The zero-order chi connectivity index (χ0) is 23.6. The maximum atomic E-state index is 13.8. The second-order valence-corrected chi connectivity index (χ2v) is 7.37. The van der Waals surface area contributed by atoms with Crippen LogP contribution in [0, 0.1) is 17.1 Å². The van der Waals surface area contributed by atoms with Crippen LogP contribution in [0.5, 0.6) is 0 Å². The van der Waals surface area contributed by atoms with Gasteiger partial charge >= 0.3 is 12.2 Å². The average molecular weight is 470 g/mol. The lowest BCUT2D eigenvalue weighted by atomic mass is 10.0. The van der Waals surface area contributed by atoms with Crippen LogP contribution < -0.4 is 10.6 Å². The van der Waals surface area contributed by atoms with E-state index in [0.29, 0.717) is 6.07 Å². The molecule has 2 atom stereocenters. The first-order chi connectivity index (χ1) is 15.0. The van der Waals surface area contributed by atoms with Crippen LogP contribution in [0.4, 0.5) is 22.4 Å². The first-order valence-electron chi connectivity index (χ1n) is 9.31. The highest BCUT2D eigenvalue weighted by Gasteiger charge is 2.38.